The molecule has 0 bridgehead atoms. The molecule has 1 atom stereocenters. The number of esters is 1. The second-order valence-electron chi connectivity index (χ2n) is 4.56. The number of amides is 1. The Kier molecular flexibility index (Phi) is 5.41. The number of hydrogen-bond donors (Lipinski definition) is 2. The summed E-state index contributed by atoms with van der Waals surface area (Å²) in [6, 6.07) is 7.02. The summed E-state index contributed by atoms with van der Waals surface area (Å²) < 4.78 is 5.01. The summed E-state index contributed by atoms with van der Waals surface area (Å²) in [5.74, 6) is -1.45. The van der Waals surface area contributed by atoms with Gasteiger partial charge in [-0.25, -0.2) is 9.78 Å². The minimum Gasteiger partial charge on any atom is -0.507 e. The van der Waals surface area contributed by atoms with Crippen LogP contribution in [0.1, 0.15) is 17.3 Å². The maximum Gasteiger partial charge on any atom is 0.342 e. The van der Waals surface area contributed by atoms with E-state index in [0.29, 0.717) is 5.02 Å². The number of carbonyl (C=O) groups is 2. The zero-order chi connectivity index (χ0) is 17.0. The van der Waals surface area contributed by atoms with Gasteiger partial charge in [0.1, 0.15) is 17.1 Å². The highest BCUT2D eigenvalue weighted by atomic mass is 35.5. The van der Waals surface area contributed by atoms with E-state index in [1.165, 1.54) is 37.4 Å². The molecule has 8 heteroatoms. The summed E-state index contributed by atoms with van der Waals surface area (Å²) in [5, 5.41) is 12.8. The normalized spacial score (nSPS) is 11.6. The van der Waals surface area contributed by atoms with Crippen molar-refractivity contribution in [3.05, 3.63) is 52.1 Å². The van der Waals surface area contributed by atoms with Gasteiger partial charge in [-0.1, -0.05) is 23.2 Å². The van der Waals surface area contributed by atoms with Crippen molar-refractivity contribution in [2.75, 3.05) is 5.32 Å². The SMILES string of the molecule is C[C@@H](OC(=O)c1cc(Cl)ccc1O)C(=O)Nc1ccc(Cl)cn1. The van der Waals surface area contributed by atoms with Gasteiger partial charge in [0.05, 0.1) is 5.02 Å². The van der Waals surface area contributed by atoms with Gasteiger partial charge in [0, 0.05) is 11.2 Å². The van der Waals surface area contributed by atoms with Gasteiger partial charge in [-0.05, 0) is 37.3 Å². The van der Waals surface area contributed by atoms with Crippen molar-refractivity contribution in [2.24, 2.45) is 0 Å². The van der Waals surface area contributed by atoms with Gasteiger partial charge in [0.2, 0.25) is 0 Å². The molecule has 0 saturated carbocycles. The average Bonchev–Trinajstić information content (AvgIpc) is 2.51. The van der Waals surface area contributed by atoms with Gasteiger partial charge in [-0.3, -0.25) is 4.79 Å². The van der Waals surface area contributed by atoms with Crippen LogP contribution in [-0.2, 0) is 9.53 Å². The first-order valence-corrected chi connectivity index (χ1v) is 7.24. The van der Waals surface area contributed by atoms with Gasteiger partial charge in [0.15, 0.2) is 6.10 Å². The number of nitrogens with one attached hydrogen (secondary N) is 1. The van der Waals surface area contributed by atoms with E-state index < -0.39 is 18.0 Å². The fourth-order valence-electron chi connectivity index (χ4n) is 1.63. The largest absolute Gasteiger partial charge is 0.507 e. The van der Waals surface area contributed by atoms with E-state index in [0.717, 1.165) is 0 Å². The molecule has 0 aliphatic heterocycles. The number of rotatable bonds is 4. The Balaban J connectivity index is 2.01. The number of pyridine rings is 1. The summed E-state index contributed by atoms with van der Waals surface area (Å²) in [6.45, 7) is 1.39. The molecule has 0 aliphatic carbocycles. The van der Waals surface area contributed by atoms with E-state index in [2.05, 4.69) is 10.3 Å². The molecule has 0 unspecified atom stereocenters. The number of aromatic nitrogens is 1. The molecular formula is C15H12Cl2N2O4. The molecule has 2 aromatic rings. The van der Waals surface area contributed by atoms with Crippen LogP contribution < -0.4 is 5.32 Å². The van der Waals surface area contributed by atoms with Crippen LogP contribution in [0.4, 0.5) is 5.82 Å². The van der Waals surface area contributed by atoms with E-state index in [4.69, 9.17) is 27.9 Å². The quantitative estimate of drug-likeness (QED) is 0.822. The van der Waals surface area contributed by atoms with Gasteiger partial charge < -0.3 is 15.2 Å². The third-order valence-corrected chi connectivity index (χ3v) is 3.27. The number of anilines is 1. The second-order valence-corrected chi connectivity index (χ2v) is 5.43. The molecule has 6 nitrogen and oxygen atoms in total. The van der Waals surface area contributed by atoms with Crippen LogP contribution in [0.15, 0.2) is 36.5 Å². The lowest BCUT2D eigenvalue weighted by Crippen LogP contribution is -2.30. The summed E-state index contributed by atoms with van der Waals surface area (Å²) >= 11 is 11.5. The fourth-order valence-corrected chi connectivity index (χ4v) is 1.91. The van der Waals surface area contributed by atoms with E-state index in [9.17, 15) is 14.7 Å². The zero-order valence-electron chi connectivity index (χ0n) is 11.9. The third kappa shape index (κ3) is 4.58. The summed E-state index contributed by atoms with van der Waals surface area (Å²) in [4.78, 5) is 27.8. The van der Waals surface area contributed by atoms with E-state index in [1.807, 2.05) is 0 Å². The van der Waals surface area contributed by atoms with Crippen molar-refractivity contribution in [1.82, 2.24) is 4.98 Å². The van der Waals surface area contributed by atoms with E-state index in [-0.39, 0.29) is 22.2 Å². The number of nitrogens with zero attached hydrogens (tertiary/aromatic N) is 1. The lowest BCUT2D eigenvalue weighted by atomic mass is 10.2. The average molecular weight is 355 g/mol. The van der Waals surface area contributed by atoms with Gasteiger partial charge >= 0.3 is 5.97 Å². The third-order valence-electron chi connectivity index (χ3n) is 2.81. The summed E-state index contributed by atoms with van der Waals surface area (Å²) in [6.07, 6.45) is 0.274. The molecule has 23 heavy (non-hydrogen) atoms. The van der Waals surface area contributed by atoms with Crippen molar-refractivity contribution in [1.29, 1.82) is 0 Å². The highest BCUT2D eigenvalue weighted by Crippen LogP contribution is 2.22. The topological polar surface area (TPSA) is 88.5 Å². The number of ether oxygens (including phenoxy) is 1. The van der Waals surface area contributed by atoms with Crippen molar-refractivity contribution >= 4 is 40.9 Å². The zero-order valence-corrected chi connectivity index (χ0v) is 13.4. The first kappa shape index (κ1) is 17.1. The van der Waals surface area contributed by atoms with Crippen molar-refractivity contribution < 1.29 is 19.4 Å². The Hall–Kier alpha value is -2.31. The van der Waals surface area contributed by atoms with Crippen molar-refractivity contribution in [2.45, 2.75) is 13.0 Å². The summed E-state index contributed by atoms with van der Waals surface area (Å²) in [7, 11) is 0. The van der Waals surface area contributed by atoms with Crippen LogP contribution in [0, 0.1) is 0 Å². The predicted octanol–water partition coefficient (Wildman–Crippen LogP) is 3.28. The molecule has 1 aromatic carbocycles. The maximum atomic E-state index is 12.0. The highest BCUT2D eigenvalue weighted by molar-refractivity contribution is 6.31. The van der Waals surface area contributed by atoms with Crippen LogP contribution in [0.5, 0.6) is 5.75 Å². The molecule has 0 aliphatic rings. The fraction of sp³-hybridized carbons (Fsp3) is 0.133. The molecule has 0 radical (unpaired) electrons. The first-order chi connectivity index (χ1) is 10.9. The molecular weight excluding hydrogens is 343 g/mol. The smallest absolute Gasteiger partial charge is 0.342 e. The minimum atomic E-state index is -1.10. The Bertz CT molecular complexity index is 735. The van der Waals surface area contributed by atoms with E-state index in [1.54, 1.807) is 6.07 Å². The standard InChI is InChI=1S/C15H12Cl2N2O4/c1-8(14(21)19-13-5-3-10(17)7-18-13)23-15(22)11-6-9(16)2-4-12(11)20/h2-8,20H,1H3,(H,18,19,21)/t8-/m1/s1. The predicted molar refractivity (Wildman–Crippen MR) is 85.9 cm³/mol. The highest BCUT2D eigenvalue weighted by Gasteiger charge is 2.21. The van der Waals surface area contributed by atoms with Gasteiger partial charge in [-0.2, -0.15) is 0 Å². The lowest BCUT2D eigenvalue weighted by molar-refractivity contribution is -0.123. The molecule has 120 valence electrons. The number of aromatic hydroxyl groups is 1. The molecule has 2 rings (SSSR count). The first-order valence-electron chi connectivity index (χ1n) is 6.48. The maximum absolute atomic E-state index is 12.0. The number of halogens is 2. The summed E-state index contributed by atoms with van der Waals surface area (Å²) in [5.41, 5.74) is -0.123. The van der Waals surface area contributed by atoms with Gasteiger partial charge in [-0.15, -0.1) is 0 Å². The monoisotopic (exact) mass is 354 g/mol. The van der Waals surface area contributed by atoms with Crippen LogP contribution in [-0.4, -0.2) is 28.1 Å². The molecule has 0 saturated heterocycles. The number of carbonyl (C=O) groups excluding carboxylic acids is 2. The van der Waals surface area contributed by atoms with Crippen LogP contribution in [0.3, 0.4) is 0 Å². The molecule has 1 heterocycles. The number of benzene rings is 1. The van der Waals surface area contributed by atoms with Crippen LogP contribution in [0.2, 0.25) is 10.0 Å². The van der Waals surface area contributed by atoms with Crippen LogP contribution in [0.25, 0.3) is 0 Å². The molecule has 1 amide bonds. The molecule has 0 fully saturated rings. The Morgan fingerprint density at radius 3 is 2.57 bits per heavy atom. The van der Waals surface area contributed by atoms with Crippen LogP contribution >= 0.6 is 23.2 Å². The van der Waals surface area contributed by atoms with Gasteiger partial charge in [0.25, 0.3) is 5.91 Å². The lowest BCUT2D eigenvalue weighted by Gasteiger charge is -2.13. The van der Waals surface area contributed by atoms with Crippen molar-refractivity contribution in [3.63, 3.8) is 0 Å². The minimum absolute atomic E-state index is 0.123. The van der Waals surface area contributed by atoms with Crippen molar-refractivity contribution in [3.8, 4) is 5.75 Å². The number of hydrogen-bond acceptors (Lipinski definition) is 5. The van der Waals surface area contributed by atoms with E-state index >= 15 is 0 Å². The Labute approximate surface area is 142 Å². The second kappa shape index (κ2) is 7.30. The molecule has 2 N–H and O–H groups in total. The Morgan fingerprint density at radius 2 is 1.91 bits per heavy atom. The molecule has 1 aromatic heterocycles. The molecule has 0 spiro atoms. The number of phenolic OH excluding ortho intramolecular Hbond substituents is 1. The number of phenols is 1. The Morgan fingerprint density at radius 1 is 1.22 bits per heavy atom.